The third-order valence-corrected chi connectivity index (χ3v) is 9.62. The van der Waals surface area contributed by atoms with Gasteiger partial charge in [-0.1, -0.05) is 63.4 Å². The molecule has 260 valence electrons. The average Bonchev–Trinajstić information content (AvgIpc) is 3.75. The van der Waals surface area contributed by atoms with E-state index in [4.69, 9.17) is 4.42 Å². The Kier molecular flexibility index (Phi) is 11.1. The van der Waals surface area contributed by atoms with Crippen LogP contribution in [0.2, 0.25) is 0 Å². The molecule has 2 aromatic rings. The maximum Gasteiger partial charge on any atom is 0.305 e. The zero-order valence-electron chi connectivity index (χ0n) is 27.9. The predicted molar refractivity (Wildman–Crippen MR) is 173 cm³/mol. The molecule has 1 aromatic carbocycles. The number of aromatic nitrogens is 2. The number of rotatable bonds is 6. The van der Waals surface area contributed by atoms with Gasteiger partial charge in [-0.2, -0.15) is 0 Å². The summed E-state index contributed by atoms with van der Waals surface area (Å²) in [6, 6.07) is 4.40. The topological polar surface area (TPSA) is 196 Å². The van der Waals surface area contributed by atoms with Gasteiger partial charge in [0, 0.05) is 13.0 Å². The van der Waals surface area contributed by atoms with E-state index in [0.29, 0.717) is 31.7 Å². The Hall–Kier alpha value is -4.33. The minimum Gasteiger partial charge on any atom is -0.481 e. The summed E-state index contributed by atoms with van der Waals surface area (Å²) >= 11 is 0. The summed E-state index contributed by atoms with van der Waals surface area (Å²) in [5, 5.41) is 29.4. The normalized spacial score (nSPS) is 27.3. The molecule has 2 fully saturated rings. The molecule has 1 aromatic heterocycles. The van der Waals surface area contributed by atoms with Crippen molar-refractivity contribution >= 4 is 29.6 Å². The van der Waals surface area contributed by atoms with Crippen molar-refractivity contribution in [3.8, 4) is 0 Å². The Morgan fingerprint density at radius 3 is 2.23 bits per heavy atom. The summed E-state index contributed by atoms with van der Waals surface area (Å²) in [6.45, 7) is 6.03. The molecule has 1 saturated heterocycles. The second-order valence-electron chi connectivity index (χ2n) is 13.7. The van der Waals surface area contributed by atoms with Gasteiger partial charge in [-0.15, -0.1) is 10.2 Å². The number of amides is 4. The van der Waals surface area contributed by atoms with Gasteiger partial charge >= 0.3 is 5.97 Å². The fraction of sp³-hybridized carbons (Fsp3) is 0.618. The van der Waals surface area contributed by atoms with Crippen molar-refractivity contribution in [3.63, 3.8) is 0 Å². The Labute approximate surface area is 280 Å². The number of fused-ring (bicyclic) bond motifs is 5. The first kappa shape index (κ1) is 35.0. The van der Waals surface area contributed by atoms with E-state index in [-0.39, 0.29) is 30.6 Å². The number of carboxylic acid groups (broad SMARTS) is 1. The van der Waals surface area contributed by atoms with Crippen LogP contribution in [0.25, 0.3) is 0 Å². The number of benzene rings is 1. The van der Waals surface area contributed by atoms with Gasteiger partial charge in [0.2, 0.25) is 35.4 Å². The minimum absolute atomic E-state index is 0.0432. The Bertz CT molecular complexity index is 1470. The molecular formula is C34H47N7O7. The number of carbonyl (C=O) groups excluding carboxylic acids is 4. The zero-order chi connectivity index (χ0) is 34.4. The average molecular weight is 666 g/mol. The van der Waals surface area contributed by atoms with Gasteiger partial charge in [0.25, 0.3) is 0 Å². The van der Waals surface area contributed by atoms with Crippen molar-refractivity contribution in [1.82, 2.24) is 36.4 Å². The molecule has 0 radical (unpaired) electrons. The number of carboxylic acids is 1. The van der Waals surface area contributed by atoms with E-state index in [1.54, 1.807) is 6.92 Å². The van der Waals surface area contributed by atoms with Crippen LogP contribution in [0.4, 0.5) is 0 Å². The number of carbonyl (C=O) groups is 5. The molecule has 1 saturated carbocycles. The molecule has 1 aliphatic carbocycles. The molecular weight excluding hydrogens is 618 g/mol. The molecule has 14 nitrogen and oxygen atoms in total. The van der Waals surface area contributed by atoms with Gasteiger partial charge in [0.15, 0.2) is 0 Å². The van der Waals surface area contributed by atoms with Gasteiger partial charge in [0.05, 0.1) is 12.5 Å². The van der Waals surface area contributed by atoms with Crippen LogP contribution in [0.15, 0.2) is 34.7 Å². The SMILES string of the molecule is CC(C)C[C@@H]1NC(=O)[C@H](Cc2ccccc2)NC(=O)[C@@H]2CCCN2C2(CCCCC2)c2nnc(o2)[C@H](C)NC(=O)[C@H](CC(=O)O)NC1=O. The number of nitrogens with one attached hydrogen (secondary N) is 4. The van der Waals surface area contributed by atoms with E-state index >= 15 is 0 Å². The molecule has 5 rings (SSSR count). The maximum atomic E-state index is 14.2. The first-order valence-corrected chi connectivity index (χ1v) is 17.0. The Balaban J connectivity index is 1.56. The first-order valence-electron chi connectivity index (χ1n) is 17.0. The van der Waals surface area contributed by atoms with Gasteiger partial charge < -0.3 is 30.8 Å². The van der Waals surface area contributed by atoms with E-state index in [9.17, 15) is 29.1 Å². The number of aliphatic carboxylic acids is 1. The van der Waals surface area contributed by atoms with E-state index in [1.165, 1.54) is 0 Å². The monoisotopic (exact) mass is 665 g/mol. The summed E-state index contributed by atoms with van der Waals surface area (Å²) in [7, 11) is 0. The minimum atomic E-state index is -1.44. The van der Waals surface area contributed by atoms with E-state index in [2.05, 4.69) is 36.4 Å². The molecule has 3 heterocycles. The smallest absolute Gasteiger partial charge is 0.305 e. The molecule has 3 aliphatic rings. The zero-order valence-corrected chi connectivity index (χ0v) is 27.9. The third-order valence-electron chi connectivity index (χ3n) is 9.62. The standard InChI is InChI=1S/C34H47N7O7/c1-20(2)17-23-29(45)37-25(19-27(42)43)28(44)35-21(3)32-39-40-33(48-32)34(14-8-5-9-15-34)41-16-10-13-26(41)31(47)38-24(30(46)36-23)18-22-11-6-4-7-12-22/h4,6-7,11-12,20-21,23-26H,5,8-10,13-19H2,1-3H3,(H,35,44)(H,36,46)(H,37,45)(H,38,47)(H,42,43)/t21-,23-,24-,25-,26-/m0/s1. The number of hydrogen-bond donors (Lipinski definition) is 5. The number of hydrogen-bond acceptors (Lipinski definition) is 9. The van der Waals surface area contributed by atoms with Crippen molar-refractivity contribution in [2.75, 3.05) is 6.54 Å². The van der Waals surface area contributed by atoms with Crippen LogP contribution in [0.5, 0.6) is 0 Å². The molecule has 1 spiro atoms. The van der Waals surface area contributed by atoms with Crippen LogP contribution in [-0.4, -0.2) is 80.5 Å². The Morgan fingerprint density at radius 1 is 0.896 bits per heavy atom. The third kappa shape index (κ3) is 8.03. The fourth-order valence-corrected chi connectivity index (χ4v) is 7.24. The van der Waals surface area contributed by atoms with Crippen molar-refractivity contribution in [1.29, 1.82) is 0 Å². The van der Waals surface area contributed by atoms with E-state index in [0.717, 1.165) is 31.2 Å². The van der Waals surface area contributed by atoms with Crippen molar-refractivity contribution in [2.24, 2.45) is 5.92 Å². The molecule has 14 heteroatoms. The van der Waals surface area contributed by atoms with E-state index < -0.39 is 65.9 Å². The van der Waals surface area contributed by atoms with Crippen LogP contribution in [0.3, 0.4) is 0 Å². The summed E-state index contributed by atoms with van der Waals surface area (Å²) in [5.74, 6) is -3.13. The van der Waals surface area contributed by atoms with Gasteiger partial charge in [-0.05, 0) is 50.5 Å². The van der Waals surface area contributed by atoms with Gasteiger partial charge in [-0.3, -0.25) is 28.9 Å². The van der Waals surface area contributed by atoms with Gasteiger partial charge in [-0.25, -0.2) is 0 Å². The van der Waals surface area contributed by atoms with Crippen molar-refractivity contribution in [2.45, 2.75) is 121 Å². The summed E-state index contributed by atoms with van der Waals surface area (Å²) in [5.41, 5.74) is 0.124. The predicted octanol–water partition coefficient (Wildman–Crippen LogP) is 2.10. The lowest BCUT2D eigenvalue weighted by Gasteiger charge is -2.44. The summed E-state index contributed by atoms with van der Waals surface area (Å²) in [4.78, 5) is 69.2. The van der Waals surface area contributed by atoms with Crippen LogP contribution in [-0.2, 0) is 35.9 Å². The van der Waals surface area contributed by atoms with Crippen LogP contribution in [0, 0.1) is 5.92 Å². The molecule has 5 atom stereocenters. The molecule has 2 bridgehead atoms. The van der Waals surface area contributed by atoms with Crippen molar-refractivity contribution in [3.05, 3.63) is 47.7 Å². The lowest BCUT2D eigenvalue weighted by Crippen LogP contribution is -2.60. The highest BCUT2D eigenvalue weighted by molar-refractivity contribution is 5.96. The summed E-state index contributed by atoms with van der Waals surface area (Å²) in [6.07, 6.45) is 5.32. The highest BCUT2D eigenvalue weighted by Crippen LogP contribution is 2.45. The lowest BCUT2D eigenvalue weighted by molar-refractivity contribution is -0.141. The van der Waals surface area contributed by atoms with Crippen LogP contribution >= 0.6 is 0 Å². The second-order valence-corrected chi connectivity index (χ2v) is 13.7. The highest BCUT2D eigenvalue weighted by Gasteiger charge is 2.50. The van der Waals surface area contributed by atoms with Gasteiger partial charge in [0.1, 0.15) is 29.7 Å². The first-order chi connectivity index (χ1) is 23.0. The summed E-state index contributed by atoms with van der Waals surface area (Å²) < 4.78 is 6.26. The quantitative estimate of drug-likeness (QED) is 0.305. The largest absolute Gasteiger partial charge is 0.481 e. The molecule has 0 unspecified atom stereocenters. The molecule has 48 heavy (non-hydrogen) atoms. The molecule has 2 aliphatic heterocycles. The Morgan fingerprint density at radius 2 is 1.54 bits per heavy atom. The lowest BCUT2D eigenvalue weighted by atomic mass is 9.79. The maximum absolute atomic E-state index is 14.2. The second kappa shape index (κ2) is 15.3. The number of nitrogens with zero attached hydrogens (tertiary/aromatic N) is 3. The van der Waals surface area contributed by atoms with E-state index in [1.807, 2.05) is 44.2 Å². The molecule has 5 N–H and O–H groups in total. The molecule has 4 amide bonds. The van der Waals surface area contributed by atoms with Crippen LogP contribution < -0.4 is 21.3 Å². The highest BCUT2D eigenvalue weighted by atomic mass is 16.4. The fourth-order valence-electron chi connectivity index (χ4n) is 7.24. The van der Waals surface area contributed by atoms with Crippen molar-refractivity contribution < 1.29 is 33.5 Å². The van der Waals surface area contributed by atoms with Crippen LogP contribution in [0.1, 0.15) is 102 Å².